The van der Waals surface area contributed by atoms with Crippen molar-refractivity contribution in [2.75, 3.05) is 31.2 Å². The normalized spacial score (nSPS) is 19.7. The second-order valence-electron chi connectivity index (χ2n) is 12.8. The van der Waals surface area contributed by atoms with Crippen molar-refractivity contribution in [2.24, 2.45) is 5.41 Å². The fourth-order valence-electron chi connectivity index (χ4n) is 6.98. The molecule has 0 bridgehead atoms. The van der Waals surface area contributed by atoms with Gasteiger partial charge in [-0.1, -0.05) is 35.0 Å². The Labute approximate surface area is 250 Å². The molecule has 4 fully saturated rings. The number of piperidine rings is 1. The van der Waals surface area contributed by atoms with Crippen LogP contribution in [0.1, 0.15) is 71.8 Å². The number of nitrogens with zero attached hydrogens (tertiary/aromatic N) is 3. The van der Waals surface area contributed by atoms with E-state index in [-0.39, 0.29) is 11.8 Å². The molecule has 2 saturated carbocycles. The summed E-state index contributed by atoms with van der Waals surface area (Å²) in [5.41, 5.74) is 8.16. The molecule has 0 unspecified atom stereocenters. The van der Waals surface area contributed by atoms with Crippen LogP contribution < -0.4 is 9.64 Å². The lowest BCUT2D eigenvalue weighted by Gasteiger charge is -2.50. The molecule has 8 rings (SSSR count). The number of aromatic nitrogens is 2. The van der Waals surface area contributed by atoms with Gasteiger partial charge in [0.15, 0.2) is 5.69 Å². The monoisotopic (exact) mass is 577 g/mol. The zero-order valence-corrected chi connectivity index (χ0v) is 24.3. The highest BCUT2D eigenvalue weighted by atomic mass is 16.6. The number of ether oxygens (including phenoxy) is 2. The lowest BCUT2D eigenvalue weighted by molar-refractivity contribution is -0.0791. The molecule has 4 heterocycles. The fraction of sp³-hybridized carbons (Fsp3) is 0.400. The highest BCUT2D eigenvalue weighted by Crippen LogP contribution is 2.54. The van der Waals surface area contributed by atoms with Crippen molar-refractivity contribution in [3.05, 3.63) is 76.7 Å². The second kappa shape index (κ2) is 10.2. The van der Waals surface area contributed by atoms with Gasteiger partial charge >= 0.3 is 5.97 Å². The summed E-state index contributed by atoms with van der Waals surface area (Å²) in [4.78, 5) is 18.5. The summed E-state index contributed by atoms with van der Waals surface area (Å²) in [6.07, 6.45) is 9.25. The summed E-state index contributed by atoms with van der Waals surface area (Å²) in [7, 11) is 0. The van der Waals surface area contributed by atoms with E-state index in [9.17, 15) is 9.90 Å². The van der Waals surface area contributed by atoms with Gasteiger partial charge in [-0.3, -0.25) is 0 Å². The van der Waals surface area contributed by atoms with Crippen LogP contribution in [0.5, 0.6) is 5.75 Å². The molecule has 2 aliphatic carbocycles. The largest absolute Gasteiger partial charge is 0.485 e. The molecule has 43 heavy (non-hydrogen) atoms. The van der Waals surface area contributed by atoms with E-state index in [0.717, 1.165) is 66.9 Å². The van der Waals surface area contributed by atoms with Gasteiger partial charge in [-0.25, -0.2) is 9.78 Å². The van der Waals surface area contributed by atoms with Crippen molar-refractivity contribution in [1.29, 1.82) is 0 Å². The highest BCUT2D eigenvalue weighted by molar-refractivity contribution is 5.94. The van der Waals surface area contributed by atoms with Gasteiger partial charge in [0.2, 0.25) is 0 Å². The Morgan fingerprint density at radius 2 is 1.88 bits per heavy atom. The number of carboxylic acids is 1. The molecule has 2 saturated heterocycles. The zero-order valence-electron chi connectivity index (χ0n) is 24.3. The van der Waals surface area contributed by atoms with Crippen LogP contribution in [0.2, 0.25) is 0 Å². The van der Waals surface area contributed by atoms with E-state index in [1.54, 1.807) is 0 Å². The lowest BCUT2D eigenvalue weighted by Crippen LogP contribution is -2.44. The number of hydrogen-bond acceptors (Lipinski definition) is 7. The second-order valence-corrected chi connectivity index (χ2v) is 12.8. The first-order valence-electron chi connectivity index (χ1n) is 15.4. The smallest absolute Gasteiger partial charge is 0.354 e. The van der Waals surface area contributed by atoms with E-state index in [1.165, 1.54) is 35.6 Å². The highest BCUT2D eigenvalue weighted by Gasteiger charge is 2.43. The van der Waals surface area contributed by atoms with Gasteiger partial charge in [0.1, 0.15) is 23.3 Å². The number of rotatable bonds is 7. The van der Waals surface area contributed by atoms with E-state index >= 15 is 0 Å². The number of aromatic carboxylic acids is 1. The van der Waals surface area contributed by atoms with E-state index in [2.05, 4.69) is 64.4 Å². The van der Waals surface area contributed by atoms with Crippen LogP contribution in [-0.2, 0) is 4.74 Å². The van der Waals surface area contributed by atoms with Crippen LogP contribution in [0, 0.1) is 12.3 Å². The first kappa shape index (κ1) is 26.5. The standard InChI is InChI=1S/C35H35N3O5/c1-21-4-2-3-5-26(21)32-28(33(43-37-32)23-6-7-23)14-22-17-35(18-22)10-12-38(13-11-35)24-8-9-29-27(15-24)31(42-25-19-41-20-25)16-30(36-29)34(39)40/h2-5,8-9,14-16,23,25H,6-7,10-13,17-20H2,1H3,(H,39,40). The van der Waals surface area contributed by atoms with Gasteiger partial charge < -0.3 is 24.0 Å². The number of fused-ring (bicyclic) bond motifs is 1. The Bertz CT molecular complexity index is 1750. The number of pyridine rings is 1. The predicted octanol–water partition coefficient (Wildman–Crippen LogP) is 7.02. The molecular formula is C35H35N3O5. The zero-order chi connectivity index (χ0) is 29.1. The van der Waals surface area contributed by atoms with Crippen molar-refractivity contribution >= 4 is 28.6 Å². The summed E-state index contributed by atoms with van der Waals surface area (Å²) in [5, 5.41) is 15.0. The van der Waals surface area contributed by atoms with E-state index in [0.29, 0.717) is 35.8 Å². The van der Waals surface area contributed by atoms with Crippen LogP contribution in [0.15, 0.2) is 58.6 Å². The number of hydrogen-bond donors (Lipinski definition) is 1. The van der Waals surface area contributed by atoms with Crippen LogP contribution in [-0.4, -0.2) is 53.6 Å². The molecule has 4 aromatic rings. The molecule has 4 aliphatic rings. The van der Waals surface area contributed by atoms with Gasteiger partial charge in [-0.15, -0.1) is 0 Å². The van der Waals surface area contributed by atoms with Crippen molar-refractivity contribution in [1.82, 2.24) is 10.1 Å². The fourth-order valence-corrected chi connectivity index (χ4v) is 6.98. The molecule has 1 N–H and O–H groups in total. The Hall–Kier alpha value is -4.17. The first-order valence-corrected chi connectivity index (χ1v) is 15.4. The Kier molecular flexibility index (Phi) is 6.29. The molecule has 8 nitrogen and oxygen atoms in total. The molecule has 2 aromatic heterocycles. The van der Waals surface area contributed by atoms with E-state index in [1.807, 2.05) is 6.07 Å². The third kappa shape index (κ3) is 4.87. The van der Waals surface area contributed by atoms with Crippen molar-refractivity contribution in [3.63, 3.8) is 0 Å². The number of anilines is 1. The molecular weight excluding hydrogens is 542 g/mol. The number of allylic oxidation sites excluding steroid dienone is 1. The maximum atomic E-state index is 11.7. The predicted molar refractivity (Wildman–Crippen MR) is 164 cm³/mol. The summed E-state index contributed by atoms with van der Waals surface area (Å²) in [5.74, 6) is 1.07. The van der Waals surface area contributed by atoms with Crippen LogP contribution in [0.4, 0.5) is 5.69 Å². The van der Waals surface area contributed by atoms with E-state index in [4.69, 9.17) is 14.0 Å². The van der Waals surface area contributed by atoms with E-state index < -0.39 is 5.97 Å². The Balaban J connectivity index is 0.991. The average molecular weight is 578 g/mol. The lowest BCUT2D eigenvalue weighted by atomic mass is 9.60. The van der Waals surface area contributed by atoms with Gasteiger partial charge in [0.25, 0.3) is 0 Å². The molecule has 0 amide bonds. The minimum Gasteiger partial charge on any atom is -0.485 e. The Morgan fingerprint density at radius 3 is 2.58 bits per heavy atom. The first-order chi connectivity index (χ1) is 20.9. The van der Waals surface area contributed by atoms with Crippen molar-refractivity contribution in [3.8, 4) is 17.0 Å². The van der Waals surface area contributed by atoms with Gasteiger partial charge in [0, 0.05) is 47.3 Å². The Morgan fingerprint density at radius 1 is 1.09 bits per heavy atom. The minimum atomic E-state index is -1.06. The topological polar surface area (TPSA) is 97.9 Å². The SMILES string of the molecule is Cc1ccccc1-c1noc(C2CC2)c1C=C1CC2(CCN(c3ccc4nc(C(=O)O)cc(OC5COC5)c4c3)CC2)C1. The van der Waals surface area contributed by atoms with Gasteiger partial charge in [0.05, 0.1) is 18.7 Å². The molecule has 2 aromatic carbocycles. The number of aryl methyl sites for hydroxylation is 1. The quantitative estimate of drug-likeness (QED) is 0.250. The summed E-state index contributed by atoms with van der Waals surface area (Å²) >= 11 is 0. The summed E-state index contributed by atoms with van der Waals surface area (Å²) < 4.78 is 17.3. The third-order valence-corrected chi connectivity index (χ3v) is 9.72. The molecule has 1 spiro atoms. The average Bonchev–Trinajstić information content (AvgIpc) is 3.74. The maximum Gasteiger partial charge on any atom is 0.354 e. The molecule has 8 heteroatoms. The van der Waals surface area contributed by atoms with Gasteiger partial charge in [-0.2, -0.15) is 0 Å². The van der Waals surface area contributed by atoms with Crippen LogP contribution in [0.25, 0.3) is 28.2 Å². The maximum absolute atomic E-state index is 11.7. The van der Waals surface area contributed by atoms with Crippen molar-refractivity contribution < 1.29 is 23.9 Å². The number of carboxylic acid groups (broad SMARTS) is 1. The van der Waals surface area contributed by atoms with Gasteiger partial charge in [-0.05, 0) is 80.7 Å². The van der Waals surface area contributed by atoms with Crippen LogP contribution >= 0.6 is 0 Å². The number of carbonyl (C=O) groups is 1. The third-order valence-electron chi connectivity index (χ3n) is 9.72. The number of benzene rings is 2. The van der Waals surface area contributed by atoms with Crippen molar-refractivity contribution in [2.45, 2.75) is 57.5 Å². The van der Waals surface area contributed by atoms with Crippen LogP contribution in [0.3, 0.4) is 0 Å². The minimum absolute atomic E-state index is 0.00859. The molecule has 0 atom stereocenters. The summed E-state index contributed by atoms with van der Waals surface area (Å²) in [6, 6.07) is 16.0. The molecule has 2 aliphatic heterocycles. The molecule has 220 valence electrons. The molecule has 0 radical (unpaired) electrons. The summed E-state index contributed by atoms with van der Waals surface area (Å²) in [6.45, 7) is 5.15.